The minimum absolute atomic E-state index is 0.927. The van der Waals surface area contributed by atoms with E-state index in [0.29, 0.717) is 0 Å². The Balaban J connectivity index is 0.000000333. The van der Waals surface area contributed by atoms with E-state index in [9.17, 15) is 26.3 Å². The number of aromatic amines is 1. The summed E-state index contributed by atoms with van der Waals surface area (Å²) < 4.78 is 63.5. The fourth-order valence-electron chi connectivity index (χ4n) is 3.42. The number of benzene rings is 1. The van der Waals surface area contributed by atoms with Gasteiger partial charge in [0.1, 0.15) is 5.82 Å². The number of imidazole rings is 1. The van der Waals surface area contributed by atoms with Crippen molar-refractivity contribution in [2.75, 3.05) is 26.2 Å². The van der Waals surface area contributed by atoms with Crippen LogP contribution in [0.5, 0.6) is 0 Å². The van der Waals surface area contributed by atoms with E-state index in [1.807, 2.05) is 36.7 Å². The van der Waals surface area contributed by atoms with Gasteiger partial charge >= 0.3 is 24.3 Å². The summed E-state index contributed by atoms with van der Waals surface area (Å²) in [6, 6.07) is 14.4. The number of aliphatic carboxylic acids is 2. The van der Waals surface area contributed by atoms with Crippen LogP contribution in [0.15, 0.2) is 54.9 Å². The van der Waals surface area contributed by atoms with Gasteiger partial charge in [0.2, 0.25) is 0 Å². The molecule has 3 heterocycles. The van der Waals surface area contributed by atoms with Gasteiger partial charge in [0.25, 0.3) is 0 Å². The quantitative estimate of drug-likeness (QED) is 0.384. The highest BCUT2D eigenvalue weighted by Crippen LogP contribution is 2.17. The average molecular weight is 576 g/mol. The lowest BCUT2D eigenvalue weighted by atomic mass is 10.2. The van der Waals surface area contributed by atoms with Crippen LogP contribution in [0.3, 0.4) is 0 Å². The van der Waals surface area contributed by atoms with Crippen LogP contribution in [0.2, 0.25) is 0 Å². The largest absolute Gasteiger partial charge is 0.490 e. The Morgan fingerprint density at radius 2 is 1.32 bits per heavy atom. The molecule has 0 amide bonds. The molecule has 0 aliphatic carbocycles. The molecule has 3 aromatic rings. The van der Waals surface area contributed by atoms with Crippen molar-refractivity contribution in [1.82, 2.24) is 24.8 Å². The number of pyridine rings is 1. The van der Waals surface area contributed by atoms with Crippen molar-refractivity contribution < 1.29 is 46.1 Å². The maximum Gasteiger partial charge on any atom is 0.490 e. The van der Waals surface area contributed by atoms with Crippen molar-refractivity contribution in [3.8, 4) is 11.4 Å². The van der Waals surface area contributed by atoms with E-state index in [1.165, 1.54) is 17.0 Å². The third-order valence-corrected chi connectivity index (χ3v) is 5.51. The standard InChI is InChI=1S/C21H25N5.2C2HF3O2/c1-17-6-5-9-22-20(17)16-26-12-10-25(11-13-26)15-19-14-23-21(24-19)18-7-3-2-4-8-18;2*3-2(4,5)1(6)7/h2-9,14H,10-13,15-16H2,1H3,(H,23,24);2*(H,6,7). The van der Waals surface area contributed by atoms with Crippen LogP contribution in [0.4, 0.5) is 26.3 Å². The van der Waals surface area contributed by atoms with Crippen LogP contribution in [-0.4, -0.2) is 85.4 Å². The topological polar surface area (TPSA) is 123 Å². The van der Waals surface area contributed by atoms with Crippen molar-refractivity contribution in [2.24, 2.45) is 0 Å². The van der Waals surface area contributed by atoms with Gasteiger partial charge in [-0.15, -0.1) is 0 Å². The minimum Gasteiger partial charge on any atom is -0.475 e. The van der Waals surface area contributed by atoms with E-state index in [2.05, 4.69) is 49.9 Å². The molecule has 1 aromatic carbocycles. The van der Waals surface area contributed by atoms with Gasteiger partial charge in [0.05, 0.1) is 5.69 Å². The van der Waals surface area contributed by atoms with E-state index in [1.54, 1.807) is 0 Å². The monoisotopic (exact) mass is 575 g/mol. The number of H-pyrrole nitrogens is 1. The molecule has 0 bridgehead atoms. The maximum atomic E-state index is 10.6. The number of carbonyl (C=O) groups is 2. The third kappa shape index (κ3) is 11.0. The van der Waals surface area contributed by atoms with E-state index < -0.39 is 24.3 Å². The van der Waals surface area contributed by atoms with Gasteiger partial charge in [-0.05, 0) is 18.6 Å². The van der Waals surface area contributed by atoms with Gasteiger partial charge in [0.15, 0.2) is 0 Å². The lowest BCUT2D eigenvalue weighted by Gasteiger charge is -2.34. The van der Waals surface area contributed by atoms with Gasteiger partial charge in [0, 0.05) is 62.9 Å². The molecule has 9 nitrogen and oxygen atoms in total. The van der Waals surface area contributed by atoms with E-state index >= 15 is 0 Å². The Bertz CT molecular complexity index is 1200. The van der Waals surface area contributed by atoms with Crippen molar-refractivity contribution in [1.29, 1.82) is 0 Å². The normalized spacial score (nSPS) is 14.4. The molecule has 40 heavy (non-hydrogen) atoms. The summed E-state index contributed by atoms with van der Waals surface area (Å²) >= 11 is 0. The zero-order chi connectivity index (χ0) is 29.9. The fraction of sp³-hybridized carbons (Fsp3) is 0.360. The predicted octanol–water partition coefficient (Wildman–Crippen LogP) is 4.36. The summed E-state index contributed by atoms with van der Waals surface area (Å²) in [4.78, 5) is 35.3. The summed E-state index contributed by atoms with van der Waals surface area (Å²) in [5, 5.41) is 14.2. The Morgan fingerprint density at radius 1 is 0.825 bits per heavy atom. The van der Waals surface area contributed by atoms with Gasteiger partial charge in [-0.1, -0.05) is 36.4 Å². The second-order valence-corrected chi connectivity index (χ2v) is 8.55. The SMILES string of the molecule is Cc1cccnc1CN1CCN(Cc2cnc(-c3ccccc3)[nH]2)CC1.O=C(O)C(F)(F)F.O=C(O)C(F)(F)F. The summed E-state index contributed by atoms with van der Waals surface area (Å²) in [6.45, 7) is 8.32. The third-order valence-electron chi connectivity index (χ3n) is 5.51. The zero-order valence-corrected chi connectivity index (χ0v) is 21.2. The lowest BCUT2D eigenvalue weighted by Crippen LogP contribution is -2.45. The smallest absolute Gasteiger partial charge is 0.475 e. The molecular weight excluding hydrogens is 548 g/mol. The first kappa shape index (κ1) is 32.2. The molecule has 1 fully saturated rings. The van der Waals surface area contributed by atoms with Gasteiger partial charge in [-0.25, -0.2) is 14.6 Å². The second-order valence-electron chi connectivity index (χ2n) is 8.55. The Morgan fingerprint density at radius 3 is 1.80 bits per heavy atom. The number of nitrogens with zero attached hydrogens (tertiary/aromatic N) is 4. The molecule has 1 aliphatic heterocycles. The number of halogens is 6. The van der Waals surface area contributed by atoms with Gasteiger partial charge in [-0.2, -0.15) is 26.3 Å². The average Bonchev–Trinajstić information content (AvgIpc) is 3.35. The number of rotatable bonds is 5. The number of hydrogen-bond acceptors (Lipinski definition) is 6. The Hall–Kier alpha value is -3.98. The van der Waals surface area contributed by atoms with Crippen molar-refractivity contribution in [2.45, 2.75) is 32.4 Å². The van der Waals surface area contributed by atoms with Gasteiger partial charge in [-0.3, -0.25) is 14.8 Å². The summed E-state index contributed by atoms with van der Waals surface area (Å²) in [7, 11) is 0. The number of aromatic nitrogens is 3. The zero-order valence-electron chi connectivity index (χ0n) is 21.2. The number of carboxylic acid groups (broad SMARTS) is 2. The number of hydrogen-bond donors (Lipinski definition) is 3. The molecule has 218 valence electrons. The summed E-state index contributed by atoms with van der Waals surface area (Å²) in [5.74, 6) is -4.56. The van der Waals surface area contributed by atoms with Crippen LogP contribution in [-0.2, 0) is 22.7 Å². The first-order valence-electron chi connectivity index (χ1n) is 11.7. The number of aryl methyl sites for hydroxylation is 1. The fourth-order valence-corrected chi connectivity index (χ4v) is 3.42. The highest BCUT2D eigenvalue weighted by Gasteiger charge is 2.38. The molecule has 0 saturated carbocycles. The molecule has 2 aromatic heterocycles. The molecule has 0 unspecified atom stereocenters. The summed E-state index contributed by atoms with van der Waals surface area (Å²) in [6.07, 6.45) is -6.31. The van der Waals surface area contributed by atoms with Crippen LogP contribution >= 0.6 is 0 Å². The molecule has 0 atom stereocenters. The molecule has 0 spiro atoms. The molecule has 3 N–H and O–H groups in total. The Kier molecular flexibility index (Phi) is 11.6. The molecule has 1 aliphatic rings. The second kappa shape index (κ2) is 14.4. The minimum atomic E-state index is -5.08. The molecular formula is C25H27F6N5O4. The number of alkyl halides is 6. The first-order chi connectivity index (χ1) is 18.7. The predicted molar refractivity (Wildman–Crippen MR) is 131 cm³/mol. The van der Waals surface area contributed by atoms with E-state index in [0.717, 1.165) is 50.7 Å². The van der Waals surface area contributed by atoms with Crippen molar-refractivity contribution in [3.63, 3.8) is 0 Å². The molecule has 15 heteroatoms. The first-order valence-corrected chi connectivity index (χ1v) is 11.7. The Labute approximate surface area is 225 Å². The molecule has 0 radical (unpaired) electrons. The lowest BCUT2D eigenvalue weighted by molar-refractivity contribution is -0.193. The summed E-state index contributed by atoms with van der Waals surface area (Å²) in [5.41, 5.74) is 4.79. The van der Waals surface area contributed by atoms with E-state index in [4.69, 9.17) is 19.8 Å². The highest BCUT2D eigenvalue weighted by atomic mass is 19.4. The number of nitrogens with one attached hydrogen (secondary N) is 1. The van der Waals surface area contributed by atoms with Crippen molar-refractivity contribution >= 4 is 11.9 Å². The molecule has 4 rings (SSSR count). The number of carboxylic acids is 2. The maximum absolute atomic E-state index is 10.6. The van der Waals surface area contributed by atoms with Crippen LogP contribution < -0.4 is 0 Å². The highest BCUT2D eigenvalue weighted by molar-refractivity contribution is 5.73. The van der Waals surface area contributed by atoms with Crippen LogP contribution in [0, 0.1) is 6.92 Å². The van der Waals surface area contributed by atoms with Gasteiger partial charge < -0.3 is 15.2 Å². The van der Waals surface area contributed by atoms with Crippen LogP contribution in [0.25, 0.3) is 11.4 Å². The van der Waals surface area contributed by atoms with Crippen LogP contribution in [0.1, 0.15) is 17.0 Å². The molecule has 1 saturated heterocycles. The van der Waals surface area contributed by atoms with E-state index in [-0.39, 0.29) is 0 Å². The van der Waals surface area contributed by atoms with Crippen molar-refractivity contribution in [3.05, 3.63) is 71.8 Å². The number of piperazine rings is 1.